The Morgan fingerprint density at radius 3 is 2.89 bits per heavy atom. The molecule has 2 amide bonds. The monoisotopic (exact) mass is 272 g/mol. The van der Waals surface area contributed by atoms with Gasteiger partial charge in [0.15, 0.2) is 5.65 Å². The van der Waals surface area contributed by atoms with Crippen molar-refractivity contribution >= 4 is 34.3 Å². The van der Waals surface area contributed by atoms with Gasteiger partial charge in [-0.3, -0.25) is 15.3 Å². The number of aromatic nitrogens is 4. The number of fused-ring (bicyclic) bond motifs is 1. The first-order valence-corrected chi connectivity index (χ1v) is 6.19. The minimum Gasteiger partial charge on any atom is -0.351 e. The molecule has 8 heteroatoms. The minimum atomic E-state index is -0.668. The lowest BCUT2D eigenvalue weighted by Crippen LogP contribution is -2.20. The lowest BCUT2D eigenvalue weighted by atomic mass is 10.3. The van der Waals surface area contributed by atoms with Gasteiger partial charge in [0, 0.05) is 6.20 Å². The number of nitrogens with zero attached hydrogens (tertiary/aromatic N) is 4. The molecule has 0 saturated carbocycles. The number of hydrogen-bond acceptors (Lipinski definition) is 6. The second-order valence-electron chi connectivity index (χ2n) is 3.65. The number of pyridine rings is 1. The van der Waals surface area contributed by atoms with Crippen LogP contribution in [0.1, 0.15) is 0 Å². The van der Waals surface area contributed by atoms with E-state index >= 15 is 0 Å². The van der Waals surface area contributed by atoms with Crippen molar-refractivity contribution in [2.24, 2.45) is 5.73 Å². The summed E-state index contributed by atoms with van der Waals surface area (Å²) in [5.41, 5.74) is 8.54. The van der Waals surface area contributed by atoms with Gasteiger partial charge in [-0.05, 0) is 12.1 Å². The Balaban J connectivity index is 2.07. The highest BCUT2D eigenvalue weighted by Gasteiger charge is 2.06. The summed E-state index contributed by atoms with van der Waals surface area (Å²) in [6, 6.07) is 2.67. The summed E-state index contributed by atoms with van der Waals surface area (Å²) in [5.74, 6) is 0.343. The predicted octanol–water partition coefficient (Wildman–Crippen LogP) is 1.64. The third-order valence-electron chi connectivity index (χ3n) is 2.34. The van der Waals surface area contributed by atoms with Crippen LogP contribution in [0.3, 0.4) is 0 Å². The molecular weight excluding hydrogens is 264 g/mol. The maximum atomic E-state index is 10.8. The van der Waals surface area contributed by atoms with E-state index in [0.717, 1.165) is 4.88 Å². The molecule has 0 aromatic carbocycles. The summed E-state index contributed by atoms with van der Waals surface area (Å²) in [6.45, 7) is 0. The fourth-order valence-electron chi connectivity index (χ4n) is 1.55. The predicted molar refractivity (Wildman–Crippen MR) is 71.6 cm³/mol. The quantitative estimate of drug-likeness (QED) is 0.737. The zero-order valence-corrected chi connectivity index (χ0v) is 10.4. The Morgan fingerprint density at radius 2 is 2.16 bits per heavy atom. The molecule has 3 aromatic rings. The number of amides is 2. The molecule has 0 saturated heterocycles. The Morgan fingerprint density at radius 1 is 1.26 bits per heavy atom. The number of hydrogen-bond donors (Lipinski definition) is 2. The Bertz CT molecular complexity index is 742. The van der Waals surface area contributed by atoms with E-state index < -0.39 is 6.03 Å². The van der Waals surface area contributed by atoms with Gasteiger partial charge in [0.05, 0.1) is 16.6 Å². The highest BCUT2D eigenvalue weighted by molar-refractivity contribution is 7.13. The number of nitrogens with two attached hydrogens (primary N) is 1. The SMILES string of the molecule is NC(=O)Nc1ccc2ncc(-c3cncs3)nc2n1. The molecule has 0 unspecified atom stereocenters. The van der Waals surface area contributed by atoms with E-state index in [4.69, 9.17) is 5.73 Å². The molecule has 0 atom stereocenters. The van der Waals surface area contributed by atoms with E-state index in [1.807, 2.05) is 0 Å². The smallest absolute Gasteiger partial charge is 0.317 e. The first kappa shape index (κ1) is 11.5. The largest absolute Gasteiger partial charge is 0.351 e. The molecule has 3 rings (SSSR count). The maximum Gasteiger partial charge on any atom is 0.317 e. The van der Waals surface area contributed by atoms with Gasteiger partial charge in [0.1, 0.15) is 17.0 Å². The van der Waals surface area contributed by atoms with Crippen LogP contribution in [0.4, 0.5) is 10.6 Å². The van der Waals surface area contributed by atoms with E-state index in [1.165, 1.54) is 11.3 Å². The number of rotatable bonds is 2. The number of carbonyl (C=O) groups is 1. The zero-order chi connectivity index (χ0) is 13.2. The van der Waals surface area contributed by atoms with E-state index in [0.29, 0.717) is 22.7 Å². The average molecular weight is 272 g/mol. The summed E-state index contributed by atoms with van der Waals surface area (Å²) in [5, 5.41) is 2.40. The first-order chi connectivity index (χ1) is 9.22. The summed E-state index contributed by atoms with van der Waals surface area (Å²) in [4.78, 5) is 28.5. The second kappa shape index (κ2) is 4.58. The molecule has 0 spiro atoms. The van der Waals surface area contributed by atoms with Gasteiger partial charge >= 0.3 is 6.03 Å². The molecule has 0 bridgehead atoms. The highest BCUT2D eigenvalue weighted by Crippen LogP contribution is 2.22. The first-order valence-electron chi connectivity index (χ1n) is 5.31. The Labute approximate surface area is 111 Å². The number of primary amides is 1. The molecule has 0 radical (unpaired) electrons. The standard InChI is InChI=1S/C11H8N6OS/c12-11(18)17-9-2-1-6-10(16-9)15-7(3-14-6)8-4-13-5-19-8/h1-5H,(H3,12,15,16,17,18). The van der Waals surface area contributed by atoms with Crippen LogP contribution in [0.25, 0.3) is 21.7 Å². The van der Waals surface area contributed by atoms with Crippen molar-refractivity contribution in [3.63, 3.8) is 0 Å². The third-order valence-corrected chi connectivity index (χ3v) is 3.14. The fourth-order valence-corrected chi connectivity index (χ4v) is 2.13. The summed E-state index contributed by atoms with van der Waals surface area (Å²) in [6.07, 6.45) is 3.38. The van der Waals surface area contributed by atoms with Gasteiger partial charge < -0.3 is 5.73 Å². The molecule has 19 heavy (non-hydrogen) atoms. The molecular formula is C11H8N6OS. The molecule has 0 aliphatic rings. The van der Waals surface area contributed by atoms with Crippen molar-refractivity contribution < 1.29 is 4.79 Å². The van der Waals surface area contributed by atoms with E-state index in [1.54, 1.807) is 30.0 Å². The number of urea groups is 1. The number of thiazole rings is 1. The van der Waals surface area contributed by atoms with E-state index in [-0.39, 0.29) is 0 Å². The van der Waals surface area contributed by atoms with Gasteiger partial charge in [-0.15, -0.1) is 11.3 Å². The van der Waals surface area contributed by atoms with Gasteiger partial charge in [-0.1, -0.05) is 0 Å². The molecule has 0 aliphatic carbocycles. The molecule has 0 aliphatic heterocycles. The Hall–Kier alpha value is -2.61. The van der Waals surface area contributed by atoms with Crippen molar-refractivity contribution in [2.45, 2.75) is 0 Å². The van der Waals surface area contributed by atoms with Gasteiger partial charge in [-0.25, -0.2) is 14.8 Å². The number of carbonyl (C=O) groups excluding carboxylic acids is 1. The van der Waals surface area contributed by atoms with Crippen molar-refractivity contribution in [1.82, 2.24) is 19.9 Å². The number of anilines is 1. The topological polar surface area (TPSA) is 107 Å². The van der Waals surface area contributed by atoms with Crippen LogP contribution in [0.15, 0.2) is 30.0 Å². The normalized spacial score (nSPS) is 10.5. The van der Waals surface area contributed by atoms with Crippen molar-refractivity contribution in [2.75, 3.05) is 5.32 Å². The van der Waals surface area contributed by atoms with Crippen LogP contribution in [-0.4, -0.2) is 26.0 Å². The molecule has 3 N–H and O–H groups in total. The van der Waals surface area contributed by atoms with E-state index in [9.17, 15) is 4.79 Å². The fraction of sp³-hybridized carbons (Fsp3) is 0. The molecule has 94 valence electrons. The van der Waals surface area contributed by atoms with Crippen LogP contribution >= 0.6 is 11.3 Å². The molecule has 3 aromatic heterocycles. The highest BCUT2D eigenvalue weighted by atomic mass is 32.1. The molecule has 0 fully saturated rings. The van der Waals surface area contributed by atoms with Crippen LogP contribution in [0.5, 0.6) is 0 Å². The summed E-state index contributed by atoms with van der Waals surface area (Å²) >= 11 is 1.47. The molecule has 3 heterocycles. The maximum absolute atomic E-state index is 10.8. The van der Waals surface area contributed by atoms with Gasteiger partial charge in [0.25, 0.3) is 0 Å². The minimum absolute atomic E-state index is 0.343. The summed E-state index contributed by atoms with van der Waals surface area (Å²) < 4.78 is 0. The molecule has 7 nitrogen and oxygen atoms in total. The van der Waals surface area contributed by atoms with Crippen LogP contribution < -0.4 is 11.1 Å². The zero-order valence-electron chi connectivity index (χ0n) is 9.57. The van der Waals surface area contributed by atoms with Crippen LogP contribution in [0, 0.1) is 0 Å². The van der Waals surface area contributed by atoms with Crippen molar-refractivity contribution in [1.29, 1.82) is 0 Å². The van der Waals surface area contributed by atoms with Crippen LogP contribution in [-0.2, 0) is 0 Å². The average Bonchev–Trinajstić information content (AvgIpc) is 2.91. The van der Waals surface area contributed by atoms with Gasteiger partial charge in [0.2, 0.25) is 0 Å². The van der Waals surface area contributed by atoms with Crippen molar-refractivity contribution in [3.8, 4) is 10.6 Å². The van der Waals surface area contributed by atoms with Gasteiger partial charge in [-0.2, -0.15) is 0 Å². The summed E-state index contributed by atoms with van der Waals surface area (Å²) in [7, 11) is 0. The van der Waals surface area contributed by atoms with Crippen molar-refractivity contribution in [3.05, 3.63) is 30.0 Å². The Kier molecular flexibility index (Phi) is 2.76. The lowest BCUT2D eigenvalue weighted by Gasteiger charge is -2.03. The van der Waals surface area contributed by atoms with Crippen LogP contribution in [0.2, 0.25) is 0 Å². The lowest BCUT2D eigenvalue weighted by molar-refractivity contribution is 0.259. The third kappa shape index (κ3) is 2.33. The number of nitrogens with one attached hydrogen (secondary N) is 1. The van der Waals surface area contributed by atoms with E-state index in [2.05, 4.69) is 25.3 Å². The second-order valence-corrected chi connectivity index (χ2v) is 4.54.